The van der Waals surface area contributed by atoms with Crippen LogP contribution in [-0.4, -0.2) is 46.5 Å². The Kier molecular flexibility index (Phi) is 5.89. The van der Waals surface area contributed by atoms with Crippen LogP contribution in [-0.2, 0) is 4.79 Å². The zero-order valence-corrected chi connectivity index (χ0v) is 11.5. The van der Waals surface area contributed by atoms with E-state index in [1.807, 2.05) is 13.8 Å². The number of carbonyl (C=O) groups excluding carboxylic acids is 1. The molecule has 1 aromatic heterocycles. The van der Waals surface area contributed by atoms with Crippen molar-refractivity contribution in [1.29, 1.82) is 0 Å². The normalized spacial score (nSPS) is 10.2. The van der Waals surface area contributed by atoms with Crippen molar-refractivity contribution >= 4 is 17.7 Å². The Morgan fingerprint density at radius 3 is 2.60 bits per heavy atom. The Morgan fingerprint density at radius 1 is 1.40 bits per heavy atom. The topological polar surface area (TPSA) is 82.5 Å². The summed E-state index contributed by atoms with van der Waals surface area (Å²) >= 11 is 0. The first kappa shape index (κ1) is 15.9. The molecule has 110 valence electrons. The molecule has 1 amide bonds. The number of aromatic nitrogens is 1. The SMILES string of the molecule is CCN(CC)C(=O)CCNc1nccc(C(=O)O)c1F. The number of nitrogens with one attached hydrogen (secondary N) is 1. The molecule has 0 fully saturated rings. The Hall–Kier alpha value is -2.18. The van der Waals surface area contributed by atoms with Crippen molar-refractivity contribution < 1.29 is 19.1 Å². The highest BCUT2D eigenvalue weighted by atomic mass is 19.1. The lowest BCUT2D eigenvalue weighted by Crippen LogP contribution is -2.31. The average Bonchev–Trinajstić information content (AvgIpc) is 2.41. The highest BCUT2D eigenvalue weighted by molar-refractivity contribution is 5.88. The molecule has 1 rings (SSSR count). The van der Waals surface area contributed by atoms with Gasteiger partial charge >= 0.3 is 5.97 Å². The molecule has 0 atom stereocenters. The van der Waals surface area contributed by atoms with E-state index in [2.05, 4.69) is 10.3 Å². The summed E-state index contributed by atoms with van der Waals surface area (Å²) in [5.74, 6) is -2.48. The molecule has 1 aromatic rings. The van der Waals surface area contributed by atoms with Gasteiger partial charge in [0.25, 0.3) is 0 Å². The molecule has 20 heavy (non-hydrogen) atoms. The number of hydrogen-bond acceptors (Lipinski definition) is 4. The highest BCUT2D eigenvalue weighted by Crippen LogP contribution is 2.14. The fourth-order valence-electron chi connectivity index (χ4n) is 1.75. The van der Waals surface area contributed by atoms with E-state index in [4.69, 9.17) is 5.11 Å². The van der Waals surface area contributed by atoms with Crippen LogP contribution in [0.15, 0.2) is 12.3 Å². The van der Waals surface area contributed by atoms with Gasteiger partial charge in [0, 0.05) is 32.3 Å². The maximum absolute atomic E-state index is 13.7. The molecule has 0 saturated heterocycles. The van der Waals surface area contributed by atoms with Crippen molar-refractivity contribution in [3.63, 3.8) is 0 Å². The number of carbonyl (C=O) groups is 2. The summed E-state index contributed by atoms with van der Waals surface area (Å²) in [7, 11) is 0. The lowest BCUT2D eigenvalue weighted by atomic mass is 10.2. The van der Waals surface area contributed by atoms with E-state index in [9.17, 15) is 14.0 Å². The van der Waals surface area contributed by atoms with Crippen LogP contribution in [0.2, 0.25) is 0 Å². The molecular formula is C13H18FN3O3. The highest BCUT2D eigenvalue weighted by Gasteiger charge is 2.15. The van der Waals surface area contributed by atoms with Crippen LogP contribution in [0.5, 0.6) is 0 Å². The average molecular weight is 283 g/mol. The Labute approximate surface area is 116 Å². The molecule has 0 aliphatic carbocycles. The third-order valence-corrected chi connectivity index (χ3v) is 2.87. The minimum absolute atomic E-state index is 0.0442. The number of amides is 1. The summed E-state index contributed by atoms with van der Waals surface area (Å²) in [6.45, 7) is 5.20. The molecule has 0 aliphatic heterocycles. The van der Waals surface area contributed by atoms with Crippen LogP contribution in [0.3, 0.4) is 0 Å². The van der Waals surface area contributed by atoms with E-state index in [-0.39, 0.29) is 24.7 Å². The standard InChI is InChI=1S/C13H18FN3O3/c1-3-17(4-2)10(18)6-8-16-12-11(14)9(13(19)20)5-7-15-12/h5,7H,3-4,6,8H2,1-2H3,(H,15,16)(H,19,20). The Morgan fingerprint density at radius 2 is 2.05 bits per heavy atom. The van der Waals surface area contributed by atoms with E-state index in [1.54, 1.807) is 4.90 Å². The van der Waals surface area contributed by atoms with Gasteiger partial charge in [-0.1, -0.05) is 0 Å². The second-order valence-electron chi connectivity index (χ2n) is 4.07. The minimum Gasteiger partial charge on any atom is -0.478 e. The van der Waals surface area contributed by atoms with E-state index in [1.165, 1.54) is 6.20 Å². The summed E-state index contributed by atoms with van der Waals surface area (Å²) < 4.78 is 13.7. The van der Waals surface area contributed by atoms with Crippen LogP contribution >= 0.6 is 0 Å². The first-order chi connectivity index (χ1) is 9.51. The van der Waals surface area contributed by atoms with Crippen LogP contribution in [0.1, 0.15) is 30.6 Å². The molecule has 7 heteroatoms. The number of carboxylic acid groups (broad SMARTS) is 1. The van der Waals surface area contributed by atoms with Crippen molar-refractivity contribution in [3.05, 3.63) is 23.6 Å². The van der Waals surface area contributed by atoms with Crippen molar-refractivity contribution in [2.75, 3.05) is 25.0 Å². The van der Waals surface area contributed by atoms with Crippen molar-refractivity contribution in [1.82, 2.24) is 9.88 Å². The molecule has 0 spiro atoms. The predicted molar refractivity (Wildman–Crippen MR) is 72.2 cm³/mol. The minimum atomic E-state index is -1.35. The third-order valence-electron chi connectivity index (χ3n) is 2.87. The van der Waals surface area contributed by atoms with Gasteiger partial charge in [-0.3, -0.25) is 4.79 Å². The first-order valence-electron chi connectivity index (χ1n) is 6.40. The lowest BCUT2D eigenvalue weighted by molar-refractivity contribution is -0.130. The maximum Gasteiger partial charge on any atom is 0.338 e. The van der Waals surface area contributed by atoms with Gasteiger partial charge in [-0.05, 0) is 19.9 Å². The molecule has 0 aliphatic rings. The zero-order chi connectivity index (χ0) is 15.1. The van der Waals surface area contributed by atoms with Crippen LogP contribution in [0.25, 0.3) is 0 Å². The van der Waals surface area contributed by atoms with Gasteiger partial charge in [0.2, 0.25) is 5.91 Å². The van der Waals surface area contributed by atoms with E-state index >= 15 is 0 Å². The molecule has 1 heterocycles. The number of nitrogens with zero attached hydrogens (tertiary/aromatic N) is 2. The van der Waals surface area contributed by atoms with Crippen LogP contribution in [0, 0.1) is 5.82 Å². The van der Waals surface area contributed by atoms with Gasteiger partial charge in [-0.2, -0.15) is 0 Å². The molecule has 0 radical (unpaired) electrons. The van der Waals surface area contributed by atoms with Gasteiger partial charge in [0.15, 0.2) is 11.6 Å². The summed E-state index contributed by atoms with van der Waals surface area (Å²) in [5.41, 5.74) is -0.447. The smallest absolute Gasteiger partial charge is 0.338 e. The zero-order valence-electron chi connectivity index (χ0n) is 11.5. The van der Waals surface area contributed by atoms with E-state index in [0.29, 0.717) is 13.1 Å². The first-order valence-corrected chi connectivity index (χ1v) is 6.40. The fraction of sp³-hybridized carbons (Fsp3) is 0.462. The molecular weight excluding hydrogens is 265 g/mol. The summed E-state index contributed by atoms with van der Waals surface area (Å²) in [6, 6.07) is 1.09. The van der Waals surface area contributed by atoms with E-state index in [0.717, 1.165) is 6.07 Å². The molecule has 6 nitrogen and oxygen atoms in total. The Bertz CT molecular complexity index is 490. The number of rotatable bonds is 7. The van der Waals surface area contributed by atoms with Crippen molar-refractivity contribution in [3.8, 4) is 0 Å². The van der Waals surface area contributed by atoms with Crippen LogP contribution < -0.4 is 5.32 Å². The monoisotopic (exact) mass is 283 g/mol. The molecule has 2 N–H and O–H groups in total. The van der Waals surface area contributed by atoms with Crippen molar-refractivity contribution in [2.24, 2.45) is 0 Å². The molecule has 0 bridgehead atoms. The van der Waals surface area contributed by atoms with Gasteiger partial charge in [0.05, 0.1) is 0 Å². The fourth-order valence-corrected chi connectivity index (χ4v) is 1.75. The number of carboxylic acids is 1. The summed E-state index contributed by atoms with van der Waals surface area (Å²) in [5, 5.41) is 11.4. The number of anilines is 1. The van der Waals surface area contributed by atoms with Crippen molar-refractivity contribution in [2.45, 2.75) is 20.3 Å². The van der Waals surface area contributed by atoms with Gasteiger partial charge < -0.3 is 15.3 Å². The Balaban J connectivity index is 2.61. The molecule has 0 saturated carbocycles. The summed E-state index contributed by atoms with van der Waals surface area (Å²) in [6.07, 6.45) is 1.40. The predicted octanol–water partition coefficient (Wildman–Crippen LogP) is 1.59. The maximum atomic E-state index is 13.7. The quantitative estimate of drug-likeness (QED) is 0.794. The van der Waals surface area contributed by atoms with Gasteiger partial charge in [-0.25, -0.2) is 14.2 Å². The molecule has 0 aromatic carbocycles. The number of aromatic carboxylic acids is 1. The second kappa shape index (κ2) is 7.42. The van der Waals surface area contributed by atoms with E-state index < -0.39 is 17.3 Å². The van der Waals surface area contributed by atoms with Gasteiger partial charge in [0.1, 0.15) is 5.56 Å². The summed E-state index contributed by atoms with van der Waals surface area (Å²) in [4.78, 5) is 27.9. The second-order valence-corrected chi connectivity index (χ2v) is 4.07. The third kappa shape index (κ3) is 3.91. The molecule has 0 unspecified atom stereocenters. The lowest BCUT2D eigenvalue weighted by Gasteiger charge is -2.18. The van der Waals surface area contributed by atoms with Crippen LogP contribution in [0.4, 0.5) is 10.2 Å². The number of halogens is 1. The number of hydrogen-bond donors (Lipinski definition) is 2. The largest absolute Gasteiger partial charge is 0.478 e. The number of pyridine rings is 1. The van der Waals surface area contributed by atoms with Gasteiger partial charge in [-0.15, -0.1) is 0 Å².